The number of aryl methyl sites for hydroxylation is 1. The van der Waals surface area contributed by atoms with Gasteiger partial charge in [-0.1, -0.05) is 17.7 Å². The van der Waals surface area contributed by atoms with Crippen LogP contribution in [0.1, 0.15) is 36.7 Å². The van der Waals surface area contributed by atoms with E-state index in [1.54, 1.807) is 39.8 Å². The Morgan fingerprint density at radius 3 is 2.50 bits per heavy atom. The number of rotatable bonds is 2. The van der Waals surface area contributed by atoms with Gasteiger partial charge in [-0.15, -0.1) is 0 Å². The van der Waals surface area contributed by atoms with Gasteiger partial charge in [0.25, 0.3) is 0 Å². The maximum absolute atomic E-state index is 11.7. The molecule has 1 aromatic carbocycles. The summed E-state index contributed by atoms with van der Waals surface area (Å²) in [5, 5.41) is 2.84. The molecular weight excluding hydrogens is 254 g/mol. The molecule has 1 aromatic rings. The van der Waals surface area contributed by atoms with Crippen LogP contribution in [0.2, 0.25) is 5.02 Å². The molecule has 0 aromatic heterocycles. The van der Waals surface area contributed by atoms with E-state index in [1.807, 2.05) is 0 Å². The molecule has 98 valence electrons. The highest BCUT2D eigenvalue weighted by molar-refractivity contribution is 6.33. The standard InChI is InChI=1S/C13H16ClNO3/c1-8-5-6-10(14)9(7-16)11(8)15-12(17)18-13(2,3)4/h5-7H,1-4H3,(H,15,17). The fraction of sp³-hybridized carbons (Fsp3) is 0.385. The molecule has 1 N–H and O–H groups in total. The van der Waals surface area contributed by atoms with E-state index in [1.165, 1.54) is 0 Å². The first-order valence-corrected chi connectivity index (χ1v) is 5.86. The highest BCUT2D eigenvalue weighted by Crippen LogP contribution is 2.27. The lowest BCUT2D eigenvalue weighted by molar-refractivity contribution is 0.0636. The van der Waals surface area contributed by atoms with Crippen molar-refractivity contribution in [2.24, 2.45) is 0 Å². The number of halogens is 1. The van der Waals surface area contributed by atoms with Crippen molar-refractivity contribution >= 4 is 29.7 Å². The average molecular weight is 270 g/mol. The predicted octanol–water partition coefficient (Wildman–Crippen LogP) is 3.81. The maximum atomic E-state index is 11.7. The lowest BCUT2D eigenvalue weighted by atomic mass is 10.1. The minimum absolute atomic E-state index is 0.252. The highest BCUT2D eigenvalue weighted by atomic mass is 35.5. The van der Waals surface area contributed by atoms with Crippen molar-refractivity contribution in [3.05, 3.63) is 28.3 Å². The second-order valence-corrected chi connectivity index (χ2v) is 5.30. The lowest BCUT2D eigenvalue weighted by Gasteiger charge is -2.20. The van der Waals surface area contributed by atoms with Crippen LogP contribution < -0.4 is 5.32 Å². The third-order valence-corrected chi connectivity index (χ3v) is 2.47. The van der Waals surface area contributed by atoms with Gasteiger partial charge in [0.2, 0.25) is 0 Å². The molecule has 0 aliphatic rings. The van der Waals surface area contributed by atoms with Gasteiger partial charge in [0, 0.05) is 0 Å². The molecule has 18 heavy (non-hydrogen) atoms. The van der Waals surface area contributed by atoms with Gasteiger partial charge in [-0.3, -0.25) is 10.1 Å². The number of anilines is 1. The van der Waals surface area contributed by atoms with Crippen LogP contribution in [0.3, 0.4) is 0 Å². The summed E-state index contributed by atoms with van der Waals surface area (Å²) in [5.41, 5.74) is 0.777. The van der Waals surface area contributed by atoms with Crippen LogP contribution in [-0.4, -0.2) is 18.0 Å². The molecule has 1 amide bonds. The summed E-state index contributed by atoms with van der Waals surface area (Å²) in [5.74, 6) is 0. The fourth-order valence-corrected chi connectivity index (χ4v) is 1.59. The number of benzene rings is 1. The molecule has 0 atom stereocenters. The summed E-state index contributed by atoms with van der Waals surface area (Å²) in [6.45, 7) is 7.06. The van der Waals surface area contributed by atoms with E-state index in [0.717, 1.165) is 5.56 Å². The second kappa shape index (κ2) is 5.40. The quantitative estimate of drug-likeness (QED) is 0.831. The number of hydrogen-bond acceptors (Lipinski definition) is 3. The van der Waals surface area contributed by atoms with E-state index in [0.29, 0.717) is 17.0 Å². The number of carbonyl (C=O) groups excluding carboxylic acids is 2. The van der Waals surface area contributed by atoms with E-state index in [4.69, 9.17) is 16.3 Å². The molecule has 0 bridgehead atoms. The SMILES string of the molecule is Cc1ccc(Cl)c(C=O)c1NC(=O)OC(C)(C)C. The Morgan fingerprint density at radius 2 is 2.00 bits per heavy atom. The molecule has 0 unspecified atom stereocenters. The minimum atomic E-state index is -0.615. The number of carbonyl (C=O) groups is 2. The molecule has 5 heteroatoms. The third-order valence-electron chi connectivity index (χ3n) is 2.14. The van der Waals surface area contributed by atoms with Gasteiger partial charge in [0.15, 0.2) is 6.29 Å². The van der Waals surface area contributed by atoms with Crippen molar-refractivity contribution in [3.63, 3.8) is 0 Å². The summed E-state index contributed by atoms with van der Waals surface area (Å²) in [4.78, 5) is 22.7. The number of aldehydes is 1. The summed E-state index contributed by atoms with van der Waals surface area (Å²) >= 11 is 5.89. The second-order valence-electron chi connectivity index (χ2n) is 4.90. The van der Waals surface area contributed by atoms with Gasteiger partial charge in [-0.05, 0) is 39.3 Å². The molecule has 0 radical (unpaired) electrons. The van der Waals surface area contributed by atoms with Gasteiger partial charge in [-0.25, -0.2) is 4.79 Å². The van der Waals surface area contributed by atoms with Crippen LogP contribution in [0.15, 0.2) is 12.1 Å². The van der Waals surface area contributed by atoms with Crippen molar-refractivity contribution in [2.75, 3.05) is 5.32 Å². The van der Waals surface area contributed by atoms with E-state index in [9.17, 15) is 9.59 Å². The number of hydrogen-bond donors (Lipinski definition) is 1. The summed E-state index contributed by atoms with van der Waals surface area (Å²) in [6.07, 6.45) is -0.00172. The highest BCUT2D eigenvalue weighted by Gasteiger charge is 2.18. The Balaban J connectivity index is 3.01. The Morgan fingerprint density at radius 1 is 1.39 bits per heavy atom. The molecule has 0 fully saturated rings. The van der Waals surface area contributed by atoms with Gasteiger partial charge < -0.3 is 4.74 Å². The van der Waals surface area contributed by atoms with Gasteiger partial charge >= 0.3 is 6.09 Å². The number of nitrogens with one attached hydrogen (secondary N) is 1. The molecule has 0 saturated carbocycles. The largest absolute Gasteiger partial charge is 0.444 e. The summed E-state index contributed by atoms with van der Waals surface area (Å²) in [6, 6.07) is 3.34. The van der Waals surface area contributed by atoms with Crippen LogP contribution in [0.5, 0.6) is 0 Å². The smallest absolute Gasteiger partial charge is 0.412 e. The van der Waals surface area contributed by atoms with Crippen LogP contribution in [0, 0.1) is 6.92 Å². The van der Waals surface area contributed by atoms with Crippen LogP contribution in [0.25, 0.3) is 0 Å². The Hall–Kier alpha value is -1.55. The van der Waals surface area contributed by atoms with Crippen molar-refractivity contribution in [3.8, 4) is 0 Å². The van der Waals surface area contributed by atoms with Gasteiger partial charge in [0.05, 0.1) is 16.3 Å². The number of amides is 1. The summed E-state index contributed by atoms with van der Waals surface area (Å²) < 4.78 is 5.13. The molecule has 0 aliphatic heterocycles. The fourth-order valence-electron chi connectivity index (χ4n) is 1.39. The molecule has 0 aliphatic carbocycles. The monoisotopic (exact) mass is 269 g/mol. The first kappa shape index (κ1) is 14.5. The zero-order valence-electron chi connectivity index (χ0n) is 10.8. The molecule has 0 saturated heterocycles. The zero-order chi connectivity index (χ0) is 13.9. The molecule has 0 heterocycles. The Labute approximate surface area is 111 Å². The first-order chi connectivity index (χ1) is 8.24. The molecular formula is C13H16ClNO3. The van der Waals surface area contributed by atoms with Crippen LogP contribution in [0.4, 0.5) is 10.5 Å². The van der Waals surface area contributed by atoms with Crippen LogP contribution >= 0.6 is 11.6 Å². The Bertz CT molecular complexity index is 478. The van der Waals surface area contributed by atoms with Crippen LogP contribution in [-0.2, 0) is 4.74 Å². The van der Waals surface area contributed by atoms with Gasteiger partial charge in [-0.2, -0.15) is 0 Å². The number of ether oxygens (including phenoxy) is 1. The normalized spacial score (nSPS) is 10.9. The van der Waals surface area contributed by atoms with E-state index in [2.05, 4.69) is 5.32 Å². The van der Waals surface area contributed by atoms with Crippen molar-refractivity contribution in [2.45, 2.75) is 33.3 Å². The van der Waals surface area contributed by atoms with Crippen molar-refractivity contribution < 1.29 is 14.3 Å². The van der Waals surface area contributed by atoms with E-state index < -0.39 is 11.7 Å². The third kappa shape index (κ3) is 3.74. The van der Waals surface area contributed by atoms with Crippen molar-refractivity contribution in [1.82, 2.24) is 0 Å². The zero-order valence-corrected chi connectivity index (χ0v) is 11.6. The molecule has 1 rings (SSSR count). The maximum Gasteiger partial charge on any atom is 0.412 e. The predicted molar refractivity (Wildman–Crippen MR) is 71.4 cm³/mol. The van der Waals surface area contributed by atoms with Gasteiger partial charge in [0.1, 0.15) is 5.60 Å². The summed E-state index contributed by atoms with van der Waals surface area (Å²) in [7, 11) is 0. The lowest BCUT2D eigenvalue weighted by Crippen LogP contribution is -2.27. The minimum Gasteiger partial charge on any atom is -0.444 e. The van der Waals surface area contributed by atoms with E-state index >= 15 is 0 Å². The average Bonchev–Trinajstić information content (AvgIpc) is 2.21. The molecule has 0 spiro atoms. The van der Waals surface area contributed by atoms with E-state index in [-0.39, 0.29) is 5.56 Å². The topological polar surface area (TPSA) is 55.4 Å². The first-order valence-electron chi connectivity index (χ1n) is 5.49. The Kier molecular flexibility index (Phi) is 4.35. The van der Waals surface area contributed by atoms with Crippen molar-refractivity contribution in [1.29, 1.82) is 0 Å². The molecule has 4 nitrogen and oxygen atoms in total.